The minimum atomic E-state index is -0.757. The van der Waals surface area contributed by atoms with E-state index in [0.29, 0.717) is 5.56 Å². The number of halogens is 1. The van der Waals surface area contributed by atoms with Crippen LogP contribution in [0, 0.1) is 5.82 Å². The zero-order valence-corrected chi connectivity index (χ0v) is 11.9. The maximum Gasteiger partial charge on any atom is 0.354 e. The third-order valence-corrected chi connectivity index (χ3v) is 2.89. The van der Waals surface area contributed by atoms with Crippen molar-refractivity contribution in [3.8, 4) is 0 Å². The number of carbonyl (C=O) groups excluding carboxylic acids is 2. The van der Waals surface area contributed by atoms with Gasteiger partial charge in [0.2, 0.25) is 0 Å². The summed E-state index contributed by atoms with van der Waals surface area (Å²) in [6.45, 7) is 0. The third-order valence-electron chi connectivity index (χ3n) is 2.89. The Morgan fingerprint density at radius 1 is 1.05 bits per heavy atom. The average molecular weight is 299 g/mol. The number of hydrogen-bond donors (Lipinski definition) is 1. The van der Waals surface area contributed by atoms with Gasteiger partial charge in [-0.15, -0.1) is 0 Å². The normalized spacial score (nSPS) is 10.9. The molecular weight excluding hydrogens is 285 g/mol. The Kier molecular flexibility index (Phi) is 5.03. The van der Waals surface area contributed by atoms with E-state index in [9.17, 15) is 14.0 Å². The molecule has 0 radical (unpaired) electrons. The molecule has 0 aliphatic heterocycles. The van der Waals surface area contributed by atoms with Crippen molar-refractivity contribution in [3.63, 3.8) is 0 Å². The van der Waals surface area contributed by atoms with E-state index < -0.39 is 17.7 Å². The standard InChI is InChI=1S/C17H14FNO3/c1-22-17(21)15(11-13-9-5-6-10-14(13)18)19-16(20)12-7-3-2-4-8-12/h2-11H,1H3,(H,19,20). The summed E-state index contributed by atoms with van der Waals surface area (Å²) in [4.78, 5) is 23.9. The maximum absolute atomic E-state index is 13.7. The highest BCUT2D eigenvalue weighted by Crippen LogP contribution is 2.12. The summed E-state index contributed by atoms with van der Waals surface area (Å²) in [5.74, 6) is -1.74. The van der Waals surface area contributed by atoms with Crippen LogP contribution in [0.2, 0.25) is 0 Å². The summed E-state index contributed by atoms with van der Waals surface area (Å²) in [5, 5.41) is 2.44. The molecule has 0 aromatic heterocycles. The fraction of sp³-hybridized carbons (Fsp3) is 0.0588. The molecule has 0 heterocycles. The van der Waals surface area contributed by atoms with Crippen LogP contribution < -0.4 is 5.32 Å². The predicted molar refractivity (Wildman–Crippen MR) is 80.3 cm³/mol. The lowest BCUT2D eigenvalue weighted by Crippen LogP contribution is -2.28. The van der Waals surface area contributed by atoms with E-state index in [0.717, 1.165) is 0 Å². The van der Waals surface area contributed by atoms with Crippen molar-refractivity contribution in [2.24, 2.45) is 0 Å². The highest BCUT2D eigenvalue weighted by Gasteiger charge is 2.15. The molecule has 0 bridgehead atoms. The van der Waals surface area contributed by atoms with Gasteiger partial charge >= 0.3 is 5.97 Å². The Morgan fingerprint density at radius 3 is 2.32 bits per heavy atom. The molecule has 1 amide bonds. The van der Waals surface area contributed by atoms with Gasteiger partial charge < -0.3 is 10.1 Å². The molecule has 0 saturated heterocycles. The topological polar surface area (TPSA) is 55.4 Å². The number of nitrogens with one attached hydrogen (secondary N) is 1. The fourth-order valence-corrected chi connectivity index (χ4v) is 1.79. The van der Waals surface area contributed by atoms with Crippen LogP contribution in [0.3, 0.4) is 0 Å². The second kappa shape index (κ2) is 7.17. The molecule has 4 nitrogen and oxygen atoms in total. The lowest BCUT2D eigenvalue weighted by atomic mass is 10.1. The van der Waals surface area contributed by atoms with Crippen molar-refractivity contribution in [2.45, 2.75) is 0 Å². The molecule has 2 rings (SSSR count). The van der Waals surface area contributed by atoms with Gasteiger partial charge in [-0.1, -0.05) is 36.4 Å². The lowest BCUT2D eigenvalue weighted by molar-refractivity contribution is -0.136. The summed E-state index contributed by atoms with van der Waals surface area (Å²) in [5.41, 5.74) is 0.420. The van der Waals surface area contributed by atoms with E-state index in [1.165, 1.54) is 31.4 Å². The van der Waals surface area contributed by atoms with Gasteiger partial charge in [0, 0.05) is 11.1 Å². The van der Waals surface area contributed by atoms with Gasteiger partial charge in [0.25, 0.3) is 5.91 Å². The van der Waals surface area contributed by atoms with Crippen molar-refractivity contribution in [1.29, 1.82) is 0 Å². The number of methoxy groups -OCH3 is 1. The van der Waals surface area contributed by atoms with E-state index in [1.807, 2.05) is 0 Å². The Bertz CT molecular complexity index is 711. The molecule has 22 heavy (non-hydrogen) atoms. The van der Waals surface area contributed by atoms with Gasteiger partial charge in [-0.05, 0) is 24.3 Å². The van der Waals surface area contributed by atoms with Crippen LogP contribution in [0.1, 0.15) is 15.9 Å². The minimum absolute atomic E-state index is 0.138. The lowest BCUT2D eigenvalue weighted by Gasteiger charge is -2.08. The monoisotopic (exact) mass is 299 g/mol. The Hall–Kier alpha value is -2.95. The van der Waals surface area contributed by atoms with Gasteiger partial charge in [0.15, 0.2) is 0 Å². The van der Waals surface area contributed by atoms with Crippen LogP contribution in [-0.4, -0.2) is 19.0 Å². The highest BCUT2D eigenvalue weighted by molar-refractivity contribution is 6.03. The number of ether oxygens (including phenoxy) is 1. The van der Waals surface area contributed by atoms with Crippen LogP contribution in [0.4, 0.5) is 4.39 Å². The molecule has 2 aromatic rings. The molecule has 1 N–H and O–H groups in total. The van der Waals surface area contributed by atoms with Crippen molar-refractivity contribution in [3.05, 3.63) is 77.2 Å². The summed E-state index contributed by atoms with van der Waals surface area (Å²) in [6, 6.07) is 14.3. The quantitative estimate of drug-likeness (QED) is 0.697. The van der Waals surface area contributed by atoms with E-state index >= 15 is 0 Å². The van der Waals surface area contributed by atoms with Gasteiger partial charge in [-0.25, -0.2) is 9.18 Å². The summed E-state index contributed by atoms with van der Waals surface area (Å²) < 4.78 is 18.3. The second-order valence-electron chi connectivity index (χ2n) is 4.39. The van der Waals surface area contributed by atoms with Crippen LogP contribution in [0.15, 0.2) is 60.3 Å². The molecule has 0 aliphatic carbocycles. The first kappa shape index (κ1) is 15.4. The molecule has 0 saturated carbocycles. The first-order valence-electron chi connectivity index (χ1n) is 6.52. The van der Waals surface area contributed by atoms with E-state index in [2.05, 4.69) is 10.1 Å². The number of benzene rings is 2. The number of rotatable bonds is 4. The summed E-state index contributed by atoms with van der Waals surface area (Å²) >= 11 is 0. The summed E-state index contributed by atoms with van der Waals surface area (Å²) in [6.07, 6.45) is 1.24. The zero-order chi connectivity index (χ0) is 15.9. The molecule has 0 unspecified atom stereocenters. The minimum Gasteiger partial charge on any atom is -0.464 e. The molecular formula is C17H14FNO3. The average Bonchev–Trinajstić information content (AvgIpc) is 2.56. The van der Waals surface area contributed by atoms with Crippen LogP contribution >= 0.6 is 0 Å². The SMILES string of the molecule is COC(=O)C(=Cc1ccccc1F)NC(=O)c1ccccc1. The van der Waals surface area contributed by atoms with E-state index in [-0.39, 0.29) is 11.3 Å². The molecule has 5 heteroatoms. The van der Waals surface area contributed by atoms with Crippen molar-refractivity contribution in [2.75, 3.05) is 7.11 Å². The molecule has 0 aliphatic rings. The highest BCUT2D eigenvalue weighted by atomic mass is 19.1. The number of esters is 1. The Balaban J connectivity index is 2.30. The number of hydrogen-bond acceptors (Lipinski definition) is 3. The van der Waals surface area contributed by atoms with Crippen molar-refractivity contribution >= 4 is 18.0 Å². The van der Waals surface area contributed by atoms with Crippen LogP contribution in [-0.2, 0) is 9.53 Å². The second-order valence-corrected chi connectivity index (χ2v) is 4.39. The van der Waals surface area contributed by atoms with Gasteiger partial charge in [-0.2, -0.15) is 0 Å². The van der Waals surface area contributed by atoms with Crippen LogP contribution in [0.25, 0.3) is 6.08 Å². The fourth-order valence-electron chi connectivity index (χ4n) is 1.79. The number of carbonyl (C=O) groups is 2. The molecule has 0 spiro atoms. The van der Waals surface area contributed by atoms with Crippen molar-refractivity contribution < 1.29 is 18.7 Å². The van der Waals surface area contributed by atoms with Crippen LogP contribution in [0.5, 0.6) is 0 Å². The first-order chi connectivity index (χ1) is 10.6. The first-order valence-corrected chi connectivity index (χ1v) is 6.52. The number of amides is 1. The van der Waals surface area contributed by atoms with E-state index in [1.54, 1.807) is 36.4 Å². The Labute approximate surface area is 127 Å². The molecule has 0 fully saturated rings. The van der Waals surface area contributed by atoms with Gasteiger partial charge in [0.1, 0.15) is 11.5 Å². The third kappa shape index (κ3) is 3.79. The van der Waals surface area contributed by atoms with E-state index in [4.69, 9.17) is 0 Å². The Morgan fingerprint density at radius 2 is 1.68 bits per heavy atom. The zero-order valence-electron chi connectivity index (χ0n) is 11.9. The smallest absolute Gasteiger partial charge is 0.354 e. The van der Waals surface area contributed by atoms with Gasteiger partial charge in [0.05, 0.1) is 7.11 Å². The van der Waals surface area contributed by atoms with Gasteiger partial charge in [-0.3, -0.25) is 4.79 Å². The largest absolute Gasteiger partial charge is 0.464 e. The maximum atomic E-state index is 13.7. The molecule has 112 valence electrons. The van der Waals surface area contributed by atoms with Crippen molar-refractivity contribution in [1.82, 2.24) is 5.32 Å². The molecule has 2 aromatic carbocycles. The predicted octanol–water partition coefficient (Wildman–Crippen LogP) is 2.77. The molecule has 0 atom stereocenters. The summed E-state index contributed by atoms with van der Waals surface area (Å²) in [7, 11) is 1.19.